The highest BCUT2D eigenvalue weighted by molar-refractivity contribution is 8.26. The van der Waals surface area contributed by atoms with Gasteiger partial charge in [-0.3, -0.25) is 4.79 Å². The number of urea groups is 1. The lowest BCUT2D eigenvalue weighted by molar-refractivity contribution is -0.123. The van der Waals surface area contributed by atoms with E-state index in [1.54, 1.807) is 18.2 Å². The van der Waals surface area contributed by atoms with Crippen molar-refractivity contribution in [3.05, 3.63) is 56.9 Å². The SMILES string of the molecule is CCCCOc1ccc(/C=C2\SC(=S)N(NC(=O)Nc3ccc(Cl)c(Cl)c3)C2=O)cc1OCC. The normalized spacial score (nSPS) is 14.5. The van der Waals surface area contributed by atoms with Crippen LogP contribution in [0.15, 0.2) is 41.3 Å². The second kappa shape index (κ2) is 12.3. The summed E-state index contributed by atoms with van der Waals surface area (Å²) in [5.74, 6) is 0.808. The van der Waals surface area contributed by atoms with Crippen LogP contribution in [0.25, 0.3) is 6.08 Å². The Balaban J connectivity index is 1.70. The summed E-state index contributed by atoms with van der Waals surface area (Å²) in [7, 11) is 0. The molecular formula is C23H23Cl2N3O4S2. The number of thioether (sulfide) groups is 1. The van der Waals surface area contributed by atoms with Crippen molar-refractivity contribution >= 4 is 75.2 Å². The Kier molecular flexibility index (Phi) is 9.46. The summed E-state index contributed by atoms with van der Waals surface area (Å²) in [5.41, 5.74) is 3.61. The Hall–Kier alpha value is -2.46. The molecule has 1 saturated heterocycles. The molecule has 3 amide bonds. The van der Waals surface area contributed by atoms with Gasteiger partial charge in [0.15, 0.2) is 15.8 Å². The molecule has 0 spiro atoms. The smallest absolute Gasteiger partial charge is 0.338 e. The number of nitrogens with zero attached hydrogens (tertiary/aromatic N) is 1. The molecule has 34 heavy (non-hydrogen) atoms. The van der Waals surface area contributed by atoms with Crippen LogP contribution >= 0.6 is 47.2 Å². The van der Waals surface area contributed by atoms with E-state index >= 15 is 0 Å². The molecule has 0 aromatic heterocycles. The average molecular weight is 540 g/mol. The number of hydrazine groups is 1. The maximum absolute atomic E-state index is 12.9. The van der Waals surface area contributed by atoms with Gasteiger partial charge < -0.3 is 14.8 Å². The maximum Gasteiger partial charge on any atom is 0.338 e. The first-order valence-corrected chi connectivity index (χ1v) is 12.5. The highest BCUT2D eigenvalue weighted by Gasteiger charge is 2.33. The van der Waals surface area contributed by atoms with Crippen molar-refractivity contribution < 1.29 is 19.1 Å². The Labute approximate surface area is 217 Å². The molecule has 180 valence electrons. The Morgan fingerprint density at radius 2 is 1.91 bits per heavy atom. The van der Waals surface area contributed by atoms with Gasteiger partial charge in [0.2, 0.25) is 0 Å². The number of ether oxygens (including phenoxy) is 2. The van der Waals surface area contributed by atoms with Crippen molar-refractivity contribution in [2.45, 2.75) is 26.7 Å². The van der Waals surface area contributed by atoms with Crippen molar-refractivity contribution in [3.63, 3.8) is 0 Å². The Bertz CT molecular complexity index is 1130. The third kappa shape index (κ3) is 6.79. The molecule has 0 saturated carbocycles. The molecule has 1 aliphatic rings. The minimum Gasteiger partial charge on any atom is -0.490 e. The quantitative estimate of drug-likeness (QED) is 0.215. The zero-order chi connectivity index (χ0) is 24.7. The lowest BCUT2D eigenvalue weighted by atomic mass is 10.2. The number of carbonyl (C=O) groups is 2. The lowest BCUT2D eigenvalue weighted by Crippen LogP contribution is -2.46. The fraction of sp³-hybridized carbons (Fsp3) is 0.261. The Morgan fingerprint density at radius 3 is 2.62 bits per heavy atom. The number of carbonyl (C=O) groups excluding carboxylic acids is 2. The number of anilines is 1. The summed E-state index contributed by atoms with van der Waals surface area (Å²) in [6.45, 7) is 5.07. The zero-order valence-electron chi connectivity index (χ0n) is 18.5. The number of thiocarbonyl (C=S) groups is 1. The van der Waals surface area contributed by atoms with Crippen molar-refractivity contribution in [2.24, 2.45) is 0 Å². The first kappa shape index (κ1) is 26.2. The van der Waals surface area contributed by atoms with Crippen LogP contribution in [0, 0.1) is 0 Å². The molecule has 0 unspecified atom stereocenters. The van der Waals surface area contributed by atoms with Gasteiger partial charge in [-0.2, -0.15) is 5.01 Å². The average Bonchev–Trinajstić information content (AvgIpc) is 3.05. The molecule has 0 radical (unpaired) electrons. The van der Waals surface area contributed by atoms with Crippen molar-refractivity contribution in [1.29, 1.82) is 0 Å². The highest BCUT2D eigenvalue weighted by Crippen LogP contribution is 2.34. The molecule has 0 bridgehead atoms. The van der Waals surface area contributed by atoms with Crippen LogP contribution in [0.5, 0.6) is 11.5 Å². The van der Waals surface area contributed by atoms with Crippen LogP contribution in [-0.2, 0) is 4.79 Å². The number of rotatable bonds is 9. The van der Waals surface area contributed by atoms with E-state index in [1.807, 2.05) is 25.1 Å². The van der Waals surface area contributed by atoms with E-state index in [4.69, 9.17) is 44.9 Å². The third-order valence-corrected chi connectivity index (χ3v) is 6.55. The van der Waals surface area contributed by atoms with Crippen LogP contribution in [0.3, 0.4) is 0 Å². The monoisotopic (exact) mass is 539 g/mol. The number of nitrogens with one attached hydrogen (secondary N) is 2. The first-order chi connectivity index (χ1) is 16.3. The fourth-order valence-electron chi connectivity index (χ4n) is 2.88. The van der Waals surface area contributed by atoms with Gasteiger partial charge in [-0.25, -0.2) is 10.2 Å². The zero-order valence-corrected chi connectivity index (χ0v) is 21.7. The number of hydrogen-bond donors (Lipinski definition) is 2. The fourth-order valence-corrected chi connectivity index (χ4v) is 4.36. The number of benzene rings is 2. The van der Waals surface area contributed by atoms with Crippen molar-refractivity contribution in [3.8, 4) is 11.5 Å². The van der Waals surface area contributed by atoms with Crippen molar-refractivity contribution in [2.75, 3.05) is 18.5 Å². The molecule has 3 rings (SSSR count). The maximum atomic E-state index is 12.9. The van der Waals surface area contributed by atoms with E-state index in [1.165, 1.54) is 6.07 Å². The standard InChI is InChI=1S/C23H23Cl2N3O4S2/c1-3-5-10-32-18-9-6-14(11-19(18)31-4-2)12-20-21(29)28(23(33)34-20)27-22(30)26-15-7-8-16(24)17(25)13-15/h6-9,11-13H,3-5,10H2,1-2H3,(H2,26,27,30)/b20-12-. The van der Waals surface area contributed by atoms with Gasteiger partial charge in [-0.05, 0) is 67.5 Å². The summed E-state index contributed by atoms with van der Waals surface area (Å²) >= 11 is 18.2. The molecule has 2 N–H and O–H groups in total. The summed E-state index contributed by atoms with van der Waals surface area (Å²) in [6.07, 6.45) is 3.67. The van der Waals surface area contributed by atoms with Crippen LogP contribution in [-0.4, -0.2) is 34.5 Å². The number of hydrogen-bond acceptors (Lipinski definition) is 6. The molecule has 1 fully saturated rings. The van der Waals surface area contributed by atoms with E-state index in [0.29, 0.717) is 45.4 Å². The summed E-state index contributed by atoms with van der Waals surface area (Å²) in [4.78, 5) is 25.6. The van der Waals surface area contributed by atoms with Crippen LogP contribution in [0.4, 0.5) is 10.5 Å². The molecule has 2 aromatic rings. The Morgan fingerprint density at radius 1 is 1.12 bits per heavy atom. The molecule has 0 aliphatic carbocycles. The molecule has 1 heterocycles. The second-order valence-corrected chi connectivity index (χ2v) is 9.54. The molecule has 11 heteroatoms. The minimum absolute atomic E-state index is 0.199. The number of unbranched alkanes of at least 4 members (excludes halogenated alkanes) is 1. The summed E-state index contributed by atoms with van der Waals surface area (Å²) in [5, 5.41) is 4.26. The number of halogens is 2. The van der Waals surface area contributed by atoms with E-state index in [9.17, 15) is 9.59 Å². The highest BCUT2D eigenvalue weighted by atomic mass is 35.5. The predicted molar refractivity (Wildman–Crippen MR) is 142 cm³/mol. The topological polar surface area (TPSA) is 79.9 Å². The van der Waals surface area contributed by atoms with E-state index < -0.39 is 11.9 Å². The van der Waals surface area contributed by atoms with Gasteiger partial charge in [-0.15, -0.1) is 0 Å². The number of amides is 3. The predicted octanol–water partition coefficient (Wildman–Crippen LogP) is 6.51. The molecular weight excluding hydrogens is 517 g/mol. The summed E-state index contributed by atoms with van der Waals surface area (Å²) < 4.78 is 11.7. The largest absolute Gasteiger partial charge is 0.490 e. The van der Waals surface area contributed by atoms with E-state index in [2.05, 4.69) is 17.7 Å². The van der Waals surface area contributed by atoms with Gasteiger partial charge in [0.25, 0.3) is 5.91 Å². The van der Waals surface area contributed by atoms with Crippen LogP contribution < -0.4 is 20.2 Å². The second-order valence-electron chi connectivity index (χ2n) is 7.05. The summed E-state index contributed by atoms with van der Waals surface area (Å²) in [6, 6.07) is 9.45. The van der Waals surface area contributed by atoms with Crippen LogP contribution in [0.1, 0.15) is 32.3 Å². The molecule has 1 aliphatic heterocycles. The van der Waals surface area contributed by atoms with Gasteiger partial charge in [0.05, 0.1) is 28.2 Å². The van der Waals surface area contributed by atoms with Gasteiger partial charge in [0, 0.05) is 5.69 Å². The van der Waals surface area contributed by atoms with E-state index in [0.717, 1.165) is 35.2 Å². The van der Waals surface area contributed by atoms with Crippen LogP contribution in [0.2, 0.25) is 10.0 Å². The third-order valence-electron chi connectivity index (χ3n) is 4.51. The van der Waals surface area contributed by atoms with Gasteiger partial charge >= 0.3 is 6.03 Å². The van der Waals surface area contributed by atoms with Gasteiger partial charge in [-0.1, -0.05) is 54.4 Å². The van der Waals surface area contributed by atoms with Gasteiger partial charge in [0.1, 0.15) is 0 Å². The molecule has 2 aromatic carbocycles. The van der Waals surface area contributed by atoms with E-state index in [-0.39, 0.29) is 4.32 Å². The minimum atomic E-state index is -0.650. The molecule has 0 atom stereocenters. The molecule has 7 nitrogen and oxygen atoms in total. The lowest BCUT2D eigenvalue weighted by Gasteiger charge is -2.16. The van der Waals surface area contributed by atoms with Crippen molar-refractivity contribution in [1.82, 2.24) is 10.4 Å². The first-order valence-electron chi connectivity index (χ1n) is 10.5.